The minimum Gasteiger partial charge on any atom is -0.507 e. The van der Waals surface area contributed by atoms with Gasteiger partial charge in [-0.15, -0.1) is 23.7 Å². The molecule has 0 amide bonds. The largest absolute Gasteiger partial charge is 0.507 e. The Morgan fingerprint density at radius 3 is 2.09 bits per heavy atom. The summed E-state index contributed by atoms with van der Waals surface area (Å²) in [5.74, 6) is 0.335. The van der Waals surface area contributed by atoms with E-state index in [1.165, 1.54) is 5.56 Å². The van der Waals surface area contributed by atoms with Gasteiger partial charge in [0.1, 0.15) is 5.75 Å². The maximum absolute atomic E-state index is 10.8. The summed E-state index contributed by atoms with van der Waals surface area (Å²) in [5, 5.41) is 12.8. The van der Waals surface area contributed by atoms with Crippen LogP contribution in [0.3, 0.4) is 0 Å². The molecule has 128 valence electrons. The molecule has 1 aromatic heterocycles. The Bertz CT molecular complexity index is 651. The summed E-state index contributed by atoms with van der Waals surface area (Å²) in [6.07, 6.45) is 0. The van der Waals surface area contributed by atoms with Gasteiger partial charge in [-0.1, -0.05) is 53.7 Å². The summed E-state index contributed by atoms with van der Waals surface area (Å²) in [6.45, 7) is 12.9. The minimum absolute atomic E-state index is 0. The van der Waals surface area contributed by atoms with Crippen molar-refractivity contribution >= 4 is 23.7 Å². The zero-order valence-corrected chi connectivity index (χ0v) is 16.4. The van der Waals surface area contributed by atoms with E-state index in [4.69, 9.17) is 5.73 Å². The van der Waals surface area contributed by atoms with Crippen molar-refractivity contribution in [2.75, 3.05) is 0 Å². The van der Waals surface area contributed by atoms with Gasteiger partial charge in [-0.25, -0.2) is 0 Å². The summed E-state index contributed by atoms with van der Waals surface area (Å²) < 4.78 is 0. The highest BCUT2D eigenvalue weighted by Crippen LogP contribution is 2.41. The number of phenols is 1. The maximum Gasteiger partial charge on any atom is 0.124 e. The molecular formula is C19H28ClNOS. The van der Waals surface area contributed by atoms with Gasteiger partial charge in [0.05, 0.1) is 6.04 Å². The van der Waals surface area contributed by atoms with E-state index in [1.54, 1.807) is 11.3 Å². The monoisotopic (exact) mass is 353 g/mol. The van der Waals surface area contributed by atoms with E-state index in [-0.39, 0.29) is 29.3 Å². The molecular weight excluding hydrogens is 326 g/mol. The maximum atomic E-state index is 10.8. The molecule has 1 aromatic carbocycles. The summed E-state index contributed by atoms with van der Waals surface area (Å²) in [4.78, 5) is 1.07. The van der Waals surface area contributed by atoms with Crippen LogP contribution >= 0.6 is 23.7 Å². The first kappa shape index (κ1) is 20.0. The second-order valence-electron chi connectivity index (χ2n) is 7.95. The fourth-order valence-corrected chi connectivity index (χ4v) is 3.27. The van der Waals surface area contributed by atoms with Crippen molar-refractivity contribution in [2.45, 2.75) is 58.4 Å². The van der Waals surface area contributed by atoms with Crippen LogP contribution in [-0.2, 0) is 10.8 Å². The van der Waals surface area contributed by atoms with E-state index in [9.17, 15) is 5.11 Å². The van der Waals surface area contributed by atoms with Gasteiger partial charge >= 0.3 is 0 Å². The summed E-state index contributed by atoms with van der Waals surface area (Å²) >= 11 is 1.63. The lowest BCUT2D eigenvalue weighted by atomic mass is 9.78. The fraction of sp³-hybridized carbons (Fsp3) is 0.474. The van der Waals surface area contributed by atoms with E-state index in [0.717, 1.165) is 16.0 Å². The predicted molar refractivity (Wildman–Crippen MR) is 103 cm³/mol. The molecule has 3 N–H and O–H groups in total. The normalized spacial score (nSPS) is 13.5. The van der Waals surface area contributed by atoms with Gasteiger partial charge in [0, 0.05) is 10.4 Å². The average Bonchev–Trinajstić information content (AvgIpc) is 2.89. The number of phenolic OH excluding ortho intramolecular Hbond substituents is 1. The molecule has 0 saturated carbocycles. The van der Waals surface area contributed by atoms with Crippen molar-refractivity contribution in [2.24, 2.45) is 5.73 Å². The van der Waals surface area contributed by atoms with Crippen molar-refractivity contribution in [3.05, 3.63) is 51.2 Å². The van der Waals surface area contributed by atoms with Gasteiger partial charge in [-0.05, 0) is 39.5 Å². The van der Waals surface area contributed by atoms with Crippen LogP contribution in [0.1, 0.15) is 69.2 Å². The molecule has 23 heavy (non-hydrogen) atoms. The number of nitrogens with two attached hydrogens (primary N) is 1. The summed E-state index contributed by atoms with van der Waals surface area (Å²) in [7, 11) is 0. The Hall–Kier alpha value is -1.03. The van der Waals surface area contributed by atoms with Crippen LogP contribution in [0, 0.1) is 0 Å². The molecule has 0 aliphatic rings. The topological polar surface area (TPSA) is 46.2 Å². The van der Waals surface area contributed by atoms with Gasteiger partial charge in [0.25, 0.3) is 0 Å². The molecule has 1 heterocycles. The van der Waals surface area contributed by atoms with E-state index < -0.39 is 0 Å². The first-order valence-corrected chi connectivity index (χ1v) is 8.56. The van der Waals surface area contributed by atoms with Crippen molar-refractivity contribution < 1.29 is 5.11 Å². The molecule has 0 saturated heterocycles. The fourth-order valence-electron chi connectivity index (χ4n) is 2.52. The zero-order valence-electron chi connectivity index (χ0n) is 14.8. The lowest BCUT2D eigenvalue weighted by molar-refractivity contribution is 0.436. The van der Waals surface area contributed by atoms with Crippen LogP contribution in [-0.4, -0.2) is 5.11 Å². The molecule has 0 spiro atoms. The zero-order chi connectivity index (χ0) is 16.7. The van der Waals surface area contributed by atoms with E-state index in [1.807, 2.05) is 17.5 Å². The molecule has 0 unspecified atom stereocenters. The van der Waals surface area contributed by atoms with Crippen molar-refractivity contribution in [1.29, 1.82) is 0 Å². The first-order valence-electron chi connectivity index (χ1n) is 7.68. The Labute approximate surface area is 150 Å². The minimum atomic E-state index is -0.289. The predicted octanol–water partition coefficient (Wildman–Crippen LogP) is 5.52. The third kappa shape index (κ3) is 4.28. The van der Waals surface area contributed by atoms with Gasteiger partial charge in [0.15, 0.2) is 0 Å². The lowest BCUT2D eigenvalue weighted by Gasteiger charge is -2.28. The van der Waals surface area contributed by atoms with E-state index >= 15 is 0 Å². The van der Waals surface area contributed by atoms with Crippen LogP contribution in [0.4, 0.5) is 0 Å². The smallest absolute Gasteiger partial charge is 0.124 e. The molecule has 0 aliphatic heterocycles. The summed E-state index contributed by atoms with van der Waals surface area (Å²) in [5.41, 5.74) is 9.30. The highest BCUT2D eigenvalue weighted by Gasteiger charge is 2.27. The van der Waals surface area contributed by atoms with Gasteiger partial charge in [-0.2, -0.15) is 0 Å². The second-order valence-corrected chi connectivity index (χ2v) is 8.93. The third-order valence-electron chi connectivity index (χ3n) is 4.00. The number of rotatable bonds is 2. The molecule has 0 aliphatic carbocycles. The van der Waals surface area contributed by atoms with Crippen LogP contribution in [0.2, 0.25) is 0 Å². The molecule has 0 bridgehead atoms. The molecule has 2 nitrogen and oxygen atoms in total. The number of halogens is 1. The number of thiophene rings is 1. The average molecular weight is 354 g/mol. The molecule has 1 atom stereocenters. The van der Waals surface area contributed by atoms with Crippen LogP contribution < -0.4 is 5.73 Å². The standard InChI is InChI=1S/C19H27NOS.ClH/c1-18(2,3)12-10-13(16(20)15-8-7-9-22-15)17(21)14(11-12)19(4,5)6;/h7-11,16,21H,20H2,1-6H3;1H/t16-;/m0./s1. The van der Waals surface area contributed by atoms with Crippen molar-refractivity contribution in [1.82, 2.24) is 0 Å². The third-order valence-corrected chi connectivity index (χ3v) is 4.95. The highest BCUT2D eigenvalue weighted by molar-refractivity contribution is 7.10. The Morgan fingerprint density at radius 1 is 1.04 bits per heavy atom. The SMILES string of the molecule is CC(C)(C)c1cc([C@H](N)c2cccs2)c(O)c(C(C)(C)C)c1.Cl. The second kappa shape index (κ2) is 6.84. The molecule has 0 radical (unpaired) electrons. The van der Waals surface area contributed by atoms with Gasteiger partial charge < -0.3 is 10.8 Å². The van der Waals surface area contributed by atoms with Crippen molar-refractivity contribution in [3.8, 4) is 5.75 Å². The van der Waals surface area contributed by atoms with Crippen molar-refractivity contribution in [3.63, 3.8) is 0 Å². The number of hydrogen-bond acceptors (Lipinski definition) is 3. The molecule has 0 fully saturated rings. The Morgan fingerprint density at radius 2 is 1.65 bits per heavy atom. The van der Waals surface area contributed by atoms with Crippen LogP contribution in [0.25, 0.3) is 0 Å². The highest BCUT2D eigenvalue weighted by atomic mass is 35.5. The molecule has 2 rings (SSSR count). The van der Waals surface area contributed by atoms with Gasteiger partial charge in [-0.3, -0.25) is 0 Å². The first-order chi connectivity index (χ1) is 10.0. The van der Waals surface area contributed by atoms with E-state index in [0.29, 0.717) is 5.75 Å². The number of benzene rings is 1. The Kier molecular flexibility index (Phi) is 5.95. The Balaban J connectivity index is 0.00000264. The van der Waals surface area contributed by atoms with Crippen LogP contribution in [0.15, 0.2) is 29.6 Å². The summed E-state index contributed by atoms with van der Waals surface area (Å²) in [6, 6.07) is 7.92. The molecule has 4 heteroatoms. The lowest BCUT2D eigenvalue weighted by Crippen LogP contribution is -2.20. The quantitative estimate of drug-likeness (QED) is 0.746. The number of hydrogen-bond donors (Lipinski definition) is 2. The molecule has 2 aromatic rings. The van der Waals surface area contributed by atoms with E-state index in [2.05, 4.69) is 53.7 Å². The number of aromatic hydroxyl groups is 1. The van der Waals surface area contributed by atoms with Crippen LogP contribution in [0.5, 0.6) is 5.75 Å². The van der Waals surface area contributed by atoms with Gasteiger partial charge in [0.2, 0.25) is 0 Å².